The lowest BCUT2D eigenvalue weighted by Gasteiger charge is -2.18. The highest BCUT2D eigenvalue weighted by molar-refractivity contribution is 5.48. The zero-order chi connectivity index (χ0) is 11.3. The molecule has 0 radical (unpaired) electrons. The first kappa shape index (κ1) is 11.8. The van der Waals surface area contributed by atoms with Gasteiger partial charge in [-0.2, -0.15) is 0 Å². The van der Waals surface area contributed by atoms with Crippen molar-refractivity contribution in [3.63, 3.8) is 0 Å². The van der Waals surface area contributed by atoms with Gasteiger partial charge in [-0.1, -0.05) is 12.1 Å². The van der Waals surface area contributed by atoms with Gasteiger partial charge in [0.1, 0.15) is 0 Å². The monoisotopic (exact) mass is 211 g/mol. The number of likely N-dealkylation sites (N-methyl/N-ethyl adjacent to an activating group) is 1. The van der Waals surface area contributed by atoms with Crippen molar-refractivity contribution in [1.82, 2.24) is 5.32 Å². The van der Waals surface area contributed by atoms with Crippen LogP contribution >= 0.6 is 0 Å². The molecular formula is C11H17NO3. The molecule has 2 N–H and O–H groups in total. The van der Waals surface area contributed by atoms with Crippen LogP contribution in [-0.4, -0.2) is 33.0 Å². The highest BCUT2D eigenvalue weighted by Crippen LogP contribution is 2.34. The number of methoxy groups -OCH3 is 2. The van der Waals surface area contributed by atoms with E-state index in [-0.39, 0.29) is 12.6 Å². The van der Waals surface area contributed by atoms with Crippen molar-refractivity contribution in [2.24, 2.45) is 0 Å². The smallest absolute Gasteiger partial charge is 0.165 e. The minimum Gasteiger partial charge on any atom is -0.493 e. The summed E-state index contributed by atoms with van der Waals surface area (Å²) in [6.07, 6.45) is 0. The average molecular weight is 211 g/mol. The maximum Gasteiger partial charge on any atom is 0.165 e. The molecule has 0 fully saturated rings. The molecule has 0 spiro atoms. The van der Waals surface area contributed by atoms with Gasteiger partial charge in [0.15, 0.2) is 11.5 Å². The largest absolute Gasteiger partial charge is 0.493 e. The minimum atomic E-state index is -0.143. The summed E-state index contributed by atoms with van der Waals surface area (Å²) in [5.41, 5.74) is 0.891. The maximum atomic E-state index is 9.20. The van der Waals surface area contributed by atoms with E-state index in [4.69, 9.17) is 9.47 Å². The number of rotatable bonds is 5. The highest BCUT2D eigenvalue weighted by Gasteiger charge is 2.16. The minimum absolute atomic E-state index is 0.0139. The molecule has 1 aromatic carbocycles. The van der Waals surface area contributed by atoms with Crippen molar-refractivity contribution in [3.8, 4) is 11.5 Å². The summed E-state index contributed by atoms with van der Waals surface area (Å²) in [6.45, 7) is 0.0139. The Labute approximate surface area is 89.8 Å². The Kier molecular flexibility index (Phi) is 4.39. The average Bonchev–Trinajstić information content (AvgIpc) is 2.30. The van der Waals surface area contributed by atoms with Crippen LogP contribution in [0.4, 0.5) is 0 Å². The van der Waals surface area contributed by atoms with Gasteiger partial charge in [0, 0.05) is 5.56 Å². The van der Waals surface area contributed by atoms with Crippen molar-refractivity contribution < 1.29 is 14.6 Å². The van der Waals surface area contributed by atoms with E-state index < -0.39 is 0 Å². The van der Waals surface area contributed by atoms with Crippen molar-refractivity contribution in [1.29, 1.82) is 0 Å². The van der Waals surface area contributed by atoms with Gasteiger partial charge in [-0.05, 0) is 13.1 Å². The number of para-hydroxylation sites is 1. The number of aliphatic hydroxyl groups is 1. The molecule has 1 atom stereocenters. The fraction of sp³-hybridized carbons (Fsp3) is 0.455. The number of hydrogen-bond acceptors (Lipinski definition) is 4. The van der Waals surface area contributed by atoms with Crippen LogP contribution in [0.5, 0.6) is 11.5 Å². The Balaban J connectivity index is 3.15. The quantitative estimate of drug-likeness (QED) is 0.761. The first-order chi connectivity index (χ1) is 7.28. The van der Waals surface area contributed by atoms with Gasteiger partial charge in [0.2, 0.25) is 0 Å². The van der Waals surface area contributed by atoms with Crippen LogP contribution in [0.25, 0.3) is 0 Å². The van der Waals surface area contributed by atoms with Crippen molar-refractivity contribution in [2.45, 2.75) is 6.04 Å². The zero-order valence-electron chi connectivity index (χ0n) is 9.28. The van der Waals surface area contributed by atoms with E-state index in [1.54, 1.807) is 21.3 Å². The first-order valence-electron chi connectivity index (χ1n) is 4.77. The molecular weight excluding hydrogens is 194 g/mol. The molecule has 0 aliphatic rings. The van der Waals surface area contributed by atoms with Gasteiger partial charge >= 0.3 is 0 Å². The number of ether oxygens (including phenoxy) is 2. The lowest BCUT2D eigenvalue weighted by Crippen LogP contribution is -2.20. The molecule has 0 aromatic heterocycles. The predicted octanol–water partition coefficient (Wildman–Crippen LogP) is 0.957. The summed E-state index contributed by atoms with van der Waals surface area (Å²) in [6, 6.07) is 5.46. The zero-order valence-corrected chi connectivity index (χ0v) is 9.28. The van der Waals surface area contributed by atoms with E-state index in [1.807, 2.05) is 18.2 Å². The fourth-order valence-electron chi connectivity index (χ4n) is 1.53. The number of aliphatic hydroxyl groups excluding tert-OH is 1. The Bertz CT molecular complexity index is 311. The Morgan fingerprint density at radius 3 is 2.53 bits per heavy atom. The molecule has 4 heteroatoms. The van der Waals surface area contributed by atoms with Crippen LogP contribution in [0.2, 0.25) is 0 Å². The summed E-state index contributed by atoms with van der Waals surface area (Å²) in [5.74, 6) is 1.33. The van der Waals surface area contributed by atoms with E-state index in [2.05, 4.69) is 5.32 Å². The molecule has 0 amide bonds. The number of benzene rings is 1. The van der Waals surface area contributed by atoms with Crippen LogP contribution in [0.1, 0.15) is 11.6 Å². The first-order valence-corrected chi connectivity index (χ1v) is 4.77. The molecule has 0 bridgehead atoms. The number of hydrogen-bond donors (Lipinski definition) is 2. The van der Waals surface area contributed by atoms with Crippen LogP contribution < -0.4 is 14.8 Å². The highest BCUT2D eigenvalue weighted by atomic mass is 16.5. The number of nitrogens with one attached hydrogen (secondary N) is 1. The lowest BCUT2D eigenvalue weighted by molar-refractivity contribution is 0.246. The second kappa shape index (κ2) is 5.58. The molecule has 0 saturated carbocycles. The maximum absolute atomic E-state index is 9.20. The predicted molar refractivity (Wildman–Crippen MR) is 58.4 cm³/mol. The Morgan fingerprint density at radius 2 is 2.07 bits per heavy atom. The van der Waals surface area contributed by atoms with Crippen LogP contribution in [-0.2, 0) is 0 Å². The topological polar surface area (TPSA) is 50.7 Å². The van der Waals surface area contributed by atoms with E-state index >= 15 is 0 Å². The van der Waals surface area contributed by atoms with Gasteiger partial charge in [0.25, 0.3) is 0 Å². The van der Waals surface area contributed by atoms with Crippen LogP contribution in [0.15, 0.2) is 18.2 Å². The normalized spacial score (nSPS) is 12.3. The summed E-state index contributed by atoms with van der Waals surface area (Å²) >= 11 is 0. The van der Waals surface area contributed by atoms with E-state index in [0.29, 0.717) is 11.5 Å². The second-order valence-corrected chi connectivity index (χ2v) is 3.11. The standard InChI is InChI=1S/C11H17NO3/c1-12-9(7-13)8-5-4-6-10(14-2)11(8)15-3/h4-6,9,12-13H,7H2,1-3H3/t9-/m0/s1. The molecule has 4 nitrogen and oxygen atoms in total. The second-order valence-electron chi connectivity index (χ2n) is 3.11. The van der Waals surface area contributed by atoms with Crippen LogP contribution in [0.3, 0.4) is 0 Å². The third-order valence-corrected chi connectivity index (χ3v) is 2.34. The molecule has 84 valence electrons. The van der Waals surface area contributed by atoms with E-state index in [0.717, 1.165) is 5.56 Å². The van der Waals surface area contributed by atoms with E-state index in [9.17, 15) is 5.11 Å². The third kappa shape index (κ3) is 2.40. The Hall–Kier alpha value is -1.26. The van der Waals surface area contributed by atoms with Gasteiger partial charge in [-0.15, -0.1) is 0 Å². The van der Waals surface area contributed by atoms with Gasteiger partial charge < -0.3 is 19.9 Å². The van der Waals surface area contributed by atoms with E-state index in [1.165, 1.54) is 0 Å². The molecule has 0 unspecified atom stereocenters. The van der Waals surface area contributed by atoms with Gasteiger partial charge in [-0.25, -0.2) is 0 Å². The SMILES string of the molecule is CN[C@@H](CO)c1cccc(OC)c1OC. The molecule has 0 aliphatic heterocycles. The summed E-state index contributed by atoms with van der Waals surface area (Å²) in [5, 5.41) is 12.2. The summed E-state index contributed by atoms with van der Waals surface area (Å²) in [7, 11) is 4.97. The fourth-order valence-corrected chi connectivity index (χ4v) is 1.53. The summed E-state index contributed by atoms with van der Waals surface area (Å²) < 4.78 is 10.5. The van der Waals surface area contributed by atoms with Crippen molar-refractivity contribution in [2.75, 3.05) is 27.9 Å². The molecule has 0 saturated heterocycles. The van der Waals surface area contributed by atoms with Crippen molar-refractivity contribution >= 4 is 0 Å². The molecule has 0 heterocycles. The molecule has 1 rings (SSSR count). The van der Waals surface area contributed by atoms with Gasteiger partial charge in [0.05, 0.1) is 26.9 Å². The Morgan fingerprint density at radius 1 is 1.33 bits per heavy atom. The van der Waals surface area contributed by atoms with Crippen LogP contribution in [0, 0.1) is 0 Å². The lowest BCUT2D eigenvalue weighted by atomic mass is 10.1. The molecule has 0 aliphatic carbocycles. The van der Waals surface area contributed by atoms with Gasteiger partial charge in [-0.3, -0.25) is 0 Å². The third-order valence-electron chi connectivity index (χ3n) is 2.34. The summed E-state index contributed by atoms with van der Waals surface area (Å²) in [4.78, 5) is 0. The molecule has 1 aromatic rings. The van der Waals surface area contributed by atoms with Crippen molar-refractivity contribution in [3.05, 3.63) is 23.8 Å². The molecule has 15 heavy (non-hydrogen) atoms.